The van der Waals surface area contributed by atoms with Crippen molar-refractivity contribution < 1.29 is 9.72 Å². The highest BCUT2D eigenvalue weighted by molar-refractivity contribution is 6.02. The number of anilines is 1. The number of pyridine rings is 1. The van der Waals surface area contributed by atoms with Crippen molar-refractivity contribution in [1.82, 2.24) is 4.98 Å². The summed E-state index contributed by atoms with van der Waals surface area (Å²) in [6.45, 7) is 0. The molecule has 0 amide bonds. The fourth-order valence-corrected chi connectivity index (χ4v) is 1.76. The highest BCUT2D eigenvalue weighted by Gasteiger charge is 2.24. The Morgan fingerprint density at radius 3 is 2.58 bits per heavy atom. The second-order valence-electron chi connectivity index (χ2n) is 3.94. The minimum Gasteiger partial charge on any atom is -0.378 e. The molecule has 0 atom stereocenters. The summed E-state index contributed by atoms with van der Waals surface area (Å²) < 4.78 is 0. The molecule has 1 heterocycles. The van der Waals surface area contributed by atoms with E-state index in [1.54, 1.807) is 24.3 Å². The number of nitrogens with two attached hydrogens (primary N) is 1. The number of nitrogens with zero attached hydrogens (tertiary/aromatic N) is 2. The van der Waals surface area contributed by atoms with Gasteiger partial charge in [0, 0.05) is 12.6 Å². The molecule has 2 rings (SSSR count). The third-order valence-electron chi connectivity index (χ3n) is 2.64. The number of hydrogen-bond acceptors (Lipinski definition) is 5. The number of carbonyl (C=O) groups is 1. The fourth-order valence-electron chi connectivity index (χ4n) is 1.76. The molecule has 2 N–H and O–H groups in total. The minimum atomic E-state index is -0.680. The molecule has 0 aliphatic carbocycles. The summed E-state index contributed by atoms with van der Waals surface area (Å²) in [7, 11) is 0. The number of hydrogen-bond donors (Lipinski definition) is 1. The van der Waals surface area contributed by atoms with Crippen LogP contribution in [-0.2, 0) is 6.42 Å². The van der Waals surface area contributed by atoms with Gasteiger partial charge in [0.2, 0.25) is 5.82 Å². The highest BCUT2D eigenvalue weighted by Crippen LogP contribution is 2.25. The molecular weight excluding hydrogens is 246 g/mol. The van der Waals surface area contributed by atoms with Gasteiger partial charge >= 0.3 is 5.69 Å². The van der Waals surface area contributed by atoms with Crippen molar-refractivity contribution in [3.8, 4) is 0 Å². The predicted molar refractivity (Wildman–Crippen MR) is 69.8 cm³/mol. The zero-order chi connectivity index (χ0) is 13.8. The second kappa shape index (κ2) is 5.26. The van der Waals surface area contributed by atoms with Crippen LogP contribution in [0.5, 0.6) is 0 Å². The van der Waals surface area contributed by atoms with Gasteiger partial charge in [0.1, 0.15) is 5.56 Å². The molecular formula is C13H11N3O3. The van der Waals surface area contributed by atoms with Crippen molar-refractivity contribution >= 4 is 17.3 Å². The summed E-state index contributed by atoms with van der Waals surface area (Å²) >= 11 is 0. The zero-order valence-electron chi connectivity index (χ0n) is 9.95. The highest BCUT2D eigenvalue weighted by atomic mass is 16.6. The Kier molecular flexibility index (Phi) is 3.51. The average molecular weight is 257 g/mol. The van der Waals surface area contributed by atoms with E-state index in [1.807, 2.05) is 6.07 Å². The summed E-state index contributed by atoms with van der Waals surface area (Å²) in [6, 6.07) is 10.3. The molecule has 2 aromatic rings. The van der Waals surface area contributed by atoms with Gasteiger partial charge in [-0.3, -0.25) is 14.9 Å². The normalized spacial score (nSPS) is 10.1. The number of Topliss-reactive ketones (excluding diaryl/α,β-unsaturated/α-hetero) is 1. The Bertz CT molecular complexity index is 626. The van der Waals surface area contributed by atoms with Crippen molar-refractivity contribution in [1.29, 1.82) is 0 Å². The van der Waals surface area contributed by atoms with Crippen LogP contribution in [0.2, 0.25) is 0 Å². The largest absolute Gasteiger partial charge is 0.378 e. The van der Waals surface area contributed by atoms with E-state index in [2.05, 4.69) is 4.98 Å². The lowest BCUT2D eigenvalue weighted by atomic mass is 10.0. The molecule has 19 heavy (non-hydrogen) atoms. The Balaban J connectivity index is 2.35. The Morgan fingerprint density at radius 1 is 1.26 bits per heavy atom. The van der Waals surface area contributed by atoms with Crippen LogP contribution in [0.15, 0.2) is 42.6 Å². The molecule has 0 aliphatic heterocycles. The van der Waals surface area contributed by atoms with Crippen molar-refractivity contribution in [3.63, 3.8) is 0 Å². The van der Waals surface area contributed by atoms with Gasteiger partial charge in [0.15, 0.2) is 5.78 Å². The zero-order valence-corrected chi connectivity index (χ0v) is 9.95. The quantitative estimate of drug-likeness (QED) is 0.513. The van der Waals surface area contributed by atoms with Crippen LogP contribution in [0, 0.1) is 10.1 Å². The Labute approximate surface area is 109 Å². The summed E-state index contributed by atoms with van der Waals surface area (Å²) in [5, 5.41) is 10.9. The maximum atomic E-state index is 12.1. The van der Waals surface area contributed by atoms with Gasteiger partial charge in [-0.2, -0.15) is 0 Å². The lowest BCUT2D eigenvalue weighted by Crippen LogP contribution is -2.10. The first-order valence-electron chi connectivity index (χ1n) is 5.55. The lowest BCUT2D eigenvalue weighted by Gasteiger charge is -2.04. The number of benzene rings is 1. The van der Waals surface area contributed by atoms with Gasteiger partial charge in [-0.1, -0.05) is 30.3 Å². The molecule has 1 aromatic heterocycles. The summed E-state index contributed by atoms with van der Waals surface area (Å²) in [6.07, 6.45) is 1.38. The molecule has 0 saturated heterocycles. The van der Waals surface area contributed by atoms with E-state index >= 15 is 0 Å². The molecule has 0 fully saturated rings. The average Bonchev–Trinajstić information content (AvgIpc) is 2.39. The number of rotatable bonds is 4. The first kappa shape index (κ1) is 12.7. The van der Waals surface area contributed by atoms with E-state index in [0.29, 0.717) is 0 Å². The van der Waals surface area contributed by atoms with E-state index < -0.39 is 10.6 Å². The number of nitrogen functional groups attached to an aromatic ring is 1. The van der Waals surface area contributed by atoms with Gasteiger partial charge in [-0.05, 0) is 11.6 Å². The van der Waals surface area contributed by atoms with Crippen LogP contribution in [0.4, 0.5) is 11.5 Å². The van der Waals surface area contributed by atoms with E-state index in [-0.39, 0.29) is 23.6 Å². The fraction of sp³-hybridized carbons (Fsp3) is 0.0769. The van der Waals surface area contributed by atoms with Gasteiger partial charge < -0.3 is 5.73 Å². The third kappa shape index (κ3) is 2.74. The number of ketones is 1. The summed E-state index contributed by atoms with van der Waals surface area (Å²) in [5.41, 5.74) is 5.80. The SMILES string of the molecule is Nc1nccc(C(=O)Cc2ccccc2)c1[N+](=O)[O-]. The topological polar surface area (TPSA) is 99.1 Å². The molecule has 1 aromatic carbocycles. The van der Waals surface area contributed by atoms with Crippen LogP contribution in [0.3, 0.4) is 0 Å². The van der Waals surface area contributed by atoms with E-state index in [9.17, 15) is 14.9 Å². The first-order chi connectivity index (χ1) is 9.09. The van der Waals surface area contributed by atoms with E-state index in [1.165, 1.54) is 12.3 Å². The van der Waals surface area contributed by atoms with Crippen molar-refractivity contribution in [2.75, 3.05) is 5.73 Å². The maximum absolute atomic E-state index is 12.1. The number of nitro groups is 1. The number of carbonyl (C=O) groups excluding carboxylic acids is 1. The molecule has 96 valence electrons. The maximum Gasteiger partial charge on any atom is 0.321 e. The van der Waals surface area contributed by atoms with E-state index in [0.717, 1.165) is 5.56 Å². The molecule has 0 radical (unpaired) electrons. The van der Waals surface area contributed by atoms with Crippen molar-refractivity contribution in [3.05, 3.63) is 63.8 Å². The first-order valence-corrected chi connectivity index (χ1v) is 5.55. The van der Waals surface area contributed by atoms with Crippen LogP contribution >= 0.6 is 0 Å². The van der Waals surface area contributed by atoms with Gasteiger partial charge in [0.05, 0.1) is 4.92 Å². The molecule has 0 bridgehead atoms. The van der Waals surface area contributed by atoms with Crippen molar-refractivity contribution in [2.45, 2.75) is 6.42 Å². The third-order valence-corrected chi connectivity index (χ3v) is 2.64. The van der Waals surface area contributed by atoms with Crippen LogP contribution < -0.4 is 5.73 Å². The summed E-state index contributed by atoms with van der Waals surface area (Å²) in [4.78, 5) is 26.0. The van der Waals surface area contributed by atoms with Gasteiger partial charge in [0.25, 0.3) is 0 Å². The molecule has 0 spiro atoms. The smallest absolute Gasteiger partial charge is 0.321 e. The van der Waals surface area contributed by atoms with Gasteiger partial charge in [-0.15, -0.1) is 0 Å². The van der Waals surface area contributed by atoms with Crippen LogP contribution in [-0.4, -0.2) is 15.7 Å². The Morgan fingerprint density at radius 2 is 1.95 bits per heavy atom. The lowest BCUT2D eigenvalue weighted by molar-refractivity contribution is -0.384. The van der Waals surface area contributed by atoms with Crippen LogP contribution in [0.25, 0.3) is 0 Å². The van der Waals surface area contributed by atoms with Crippen molar-refractivity contribution in [2.24, 2.45) is 0 Å². The molecule has 6 heteroatoms. The number of aromatic nitrogens is 1. The summed E-state index contributed by atoms with van der Waals surface area (Å²) in [5.74, 6) is -0.601. The molecule has 0 unspecified atom stereocenters. The van der Waals surface area contributed by atoms with Gasteiger partial charge in [-0.25, -0.2) is 4.98 Å². The van der Waals surface area contributed by atoms with Crippen LogP contribution in [0.1, 0.15) is 15.9 Å². The molecule has 6 nitrogen and oxygen atoms in total. The monoisotopic (exact) mass is 257 g/mol. The van der Waals surface area contributed by atoms with E-state index in [4.69, 9.17) is 5.73 Å². The standard InChI is InChI=1S/C13H11N3O3/c14-13-12(16(18)19)10(6-7-15-13)11(17)8-9-4-2-1-3-5-9/h1-7H,8H2,(H2,14,15). The molecule has 0 saturated carbocycles. The predicted octanol–water partition coefficient (Wildman–Crippen LogP) is 2.00. The Hall–Kier alpha value is -2.76. The molecule has 0 aliphatic rings. The second-order valence-corrected chi connectivity index (χ2v) is 3.94. The minimum absolute atomic E-state index is 0.0126.